The summed E-state index contributed by atoms with van der Waals surface area (Å²) in [5, 5.41) is 11.5. The van der Waals surface area contributed by atoms with Crippen molar-refractivity contribution in [3.63, 3.8) is 0 Å². The van der Waals surface area contributed by atoms with Gasteiger partial charge in [0.1, 0.15) is 5.84 Å². The smallest absolute Gasteiger partial charge is 0.225 e. The molecule has 3 N–H and O–H groups in total. The first kappa shape index (κ1) is 13.2. The Morgan fingerprint density at radius 3 is 2.65 bits per heavy atom. The second-order valence-electron chi connectivity index (χ2n) is 4.23. The Morgan fingerprint density at radius 2 is 2.12 bits per heavy atom. The molecule has 0 unspecified atom stereocenters. The second-order valence-corrected chi connectivity index (χ2v) is 4.23. The number of aromatic nitrogens is 2. The summed E-state index contributed by atoms with van der Waals surface area (Å²) in [6, 6.07) is 1.78. The summed E-state index contributed by atoms with van der Waals surface area (Å²) < 4.78 is 0. The van der Waals surface area contributed by atoms with Gasteiger partial charge >= 0.3 is 0 Å². The van der Waals surface area contributed by atoms with Gasteiger partial charge in [0.15, 0.2) is 0 Å². The van der Waals surface area contributed by atoms with Gasteiger partial charge in [-0.1, -0.05) is 19.0 Å². The molecule has 17 heavy (non-hydrogen) atoms. The standard InChI is InChI=1S/C11H19N5O/c1-9(2)8-16(7-4-10(12)15-17)11-13-5-3-6-14-11/h3,5-6,9,17H,4,7-8H2,1-2H3,(H2,12,15). The van der Waals surface area contributed by atoms with E-state index in [1.165, 1.54) is 0 Å². The summed E-state index contributed by atoms with van der Waals surface area (Å²) in [6.45, 7) is 5.72. The van der Waals surface area contributed by atoms with Crippen LogP contribution in [0, 0.1) is 5.92 Å². The van der Waals surface area contributed by atoms with E-state index in [0.717, 1.165) is 6.54 Å². The molecule has 0 amide bonds. The molecule has 0 aliphatic heterocycles. The van der Waals surface area contributed by atoms with E-state index in [9.17, 15) is 0 Å². The summed E-state index contributed by atoms with van der Waals surface area (Å²) in [4.78, 5) is 10.4. The van der Waals surface area contributed by atoms with Crippen molar-refractivity contribution in [3.8, 4) is 0 Å². The van der Waals surface area contributed by atoms with E-state index in [4.69, 9.17) is 10.9 Å². The average Bonchev–Trinajstić information content (AvgIpc) is 2.34. The summed E-state index contributed by atoms with van der Waals surface area (Å²) in [5.74, 6) is 1.38. The molecule has 1 aromatic heterocycles. The highest BCUT2D eigenvalue weighted by Crippen LogP contribution is 2.09. The lowest BCUT2D eigenvalue weighted by atomic mass is 10.2. The maximum atomic E-state index is 8.51. The maximum absolute atomic E-state index is 8.51. The van der Waals surface area contributed by atoms with Gasteiger partial charge in [0.25, 0.3) is 0 Å². The largest absolute Gasteiger partial charge is 0.409 e. The molecule has 94 valence electrons. The van der Waals surface area contributed by atoms with E-state index in [2.05, 4.69) is 29.0 Å². The van der Waals surface area contributed by atoms with Gasteiger partial charge in [-0.3, -0.25) is 0 Å². The van der Waals surface area contributed by atoms with Crippen LogP contribution in [0.4, 0.5) is 5.95 Å². The molecule has 1 rings (SSSR count). The molecule has 0 aromatic carbocycles. The topological polar surface area (TPSA) is 87.6 Å². The first-order chi connectivity index (χ1) is 8.13. The highest BCUT2D eigenvalue weighted by molar-refractivity contribution is 5.80. The van der Waals surface area contributed by atoms with Crippen LogP contribution in [0.5, 0.6) is 0 Å². The van der Waals surface area contributed by atoms with Crippen molar-refractivity contribution in [2.24, 2.45) is 16.8 Å². The van der Waals surface area contributed by atoms with Gasteiger partial charge in [-0.2, -0.15) is 0 Å². The van der Waals surface area contributed by atoms with Gasteiger partial charge in [0, 0.05) is 31.9 Å². The fraction of sp³-hybridized carbons (Fsp3) is 0.545. The van der Waals surface area contributed by atoms with Crippen LogP contribution in [0.25, 0.3) is 0 Å². The number of nitrogens with zero attached hydrogens (tertiary/aromatic N) is 4. The number of rotatable bonds is 6. The lowest BCUT2D eigenvalue weighted by molar-refractivity contribution is 0.317. The van der Waals surface area contributed by atoms with Crippen molar-refractivity contribution < 1.29 is 5.21 Å². The quantitative estimate of drug-likeness (QED) is 0.334. The van der Waals surface area contributed by atoms with E-state index in [1.807, 2.05) is 4.90 Å². The van der Waals surface area contributed by atoms with Crippen LogP contribution in [0.15, 0.2) is 23.6 Å². The highest BCUT2D eigenvalue weighted by Gasteiger charge is 2.11. The van der Waals surface area contributed by atoms with Crippen LogP contribution >= 0.6 is 0 Å². The minimum Gasteiger partial charge on any atom is -0.409 e. The maximum Gasteiger partial charge on any atom is 0.225 e. The van der Waals surface area contributed by atoms with Gasteiger partial charge < -0.3 is 15.8 Å². The number of hydrogen-bond acceptors (Lipinski definition) is 5. The van der Waals surface area contributed by atoms with Crippen molar-refractivity contribution >= 4 is 11.8 Å². The Labute approximate surface area is 101 Å². The molecule has 0 atom stereocenters. The van der Waals surface area contributed by atoms with Crippen LogP contribution in [0.1, 0.15) is 20.3 Å². The molecule has 6 heteroatoms. The van der Waals surface area contributed by atoms with Crippen LogP contribution in [-0.2, 0) is 0 Å². The zero-order chi connectivity index (χ0) is 12.7. The third-order valence-electron chi connectivity index (χ3n) is 2.19. The number of nitrogens with two attached hydrogens (primary N) is 1. The molecule has 0 radical (unpaired) electrons. The lowest BCUT2D eigenvalue weighted by Gasteiger charge is -2.23. The van der Waals surface area contributed by atoms with Gasteiger partial charge in [0.2, 0.25) is 5.95 Å². The Hall–Kier alpha value is -1.85. The van der Waals surface area contributed by atoms with E-state index in [1.54, 1.807) is 18.5 Å². The molecule has 6 nitrogen and oxygen atoms in total. The Kier molecular flexibility index (Phi) is 5.19. The lowest BCUT2D eigenvalue weighted by Crippen LogP contribution is -2.32. The van der Waals surface area contributed by atoms with Crippen LogP contribution < -0.4 is 10.6 Å². The zero-order valence-electron chi connectivity index (χ0n) is 10.2. The predicted molar refractivity (Wildman–Crippen MR) is 67.1 cm³/mol. The molecule has 0 spiro atoms. The predicted octanol–water partition coefficient (Wildman–Crippen LogP) is 1.08. The molecule has 0 saturated heterocycles. The molecular formula is C11H19N5O. The van der Waals surface area contributed by atoms with E-state index in [-0.39, 0.29) is 5.84 Å². The summed E-state index contributed by atoms with van der Waals surface area (Å²) in [7, 11) is 0. The van der Waals surface area contributed by atoms with Crippen molar-refractivity contribution in [1.29, 1.82) is 0 Å². The van der Waals surface area contributed by atoms with Crippen molar-refractivity contribution in [3.05, 3.63) is 18.5 Å². The van der Waals surface area contributed by atoms with Crippen LogP contribution in [0.2, 0.25) is 0 Å². The van der Waals surface area contributed by atoms with Crippen molar-refractivity contribution in [1.82, 2.24) is 9.97 Å². The van der Waals surface area contributed by atoms with Crippen molar-refractivity contribution in [2.45, 2.75) is 20.3 Å². The minimum absolute atomic E-state index is 0.217. The van der Waals surface area contributed by atoms with Gasteiger partial charge in [0.05, 0.1) is 0 Å². The minimum atomic E-state index is 0.217. The molecule has 1 aromatic rings. The van der Waals surface area contributed by atoms with E-state index in [0.29, 0.717) is 24.8 Å². The van der Waals surface area contributed by atoms with Crippen LogP contribution in [-0.4, -0.2) is 34.1 Å². The molecule has 1 heterocycles. The second kappa shape index (κ2) is 6.67. The zero-order valence-corrected chi connectivity index (χ0v) is 10.2. The molecule has 0 fully saturated rings. The number of hydrogen-bond donors (Lipinski definition) is 2. The normalized spacial score (nSPS) is 11.8. The highest BCUT2D eigenvalue weighted by atomic mass is 16.4. The number of anilines is 1. The first-order valence-corrected chi connectivity index (χ1v) is 5.62. The van der Waals surface area contributed by atoms with Crippen LogP contribution in [0.3, 0.4) is 0 Å². The Balaban J connectivity index is 2.67. The SMILES string of the molecule is CC(C)CN(CCC(N)=NO)c1ncccn1. The molecule has 0 aliphatic rings. The summed E-state index contributed by atoms with van der Waals surface area (Å²) in [6.07, 6.45) is 3.90. The van der Waals surface area contributed by atoms with Gasteiger partial charge in [-0.15, -0.1) is 0 Å². The third kappa shape index (κ3) is 4.67. The first-order valence-electron chi connectivity index (χ1n) is 5.62. The summed E-state index contributed by atoms with van der Waals surface area (Å²) >= 11 is 0. The van der Waals surface area contributed by atoms with E-state index >= 15 is 0 Å². The van der Waals surface area contributed by atoms with Gasteiger partial charge in [-0.05, 0) is 12.0 Å². The number of oxime groups is 1. The Morgan fingerprint density at radius 1 is 1.47 bits per heavy atom. The average molecular weight is 237 g/mol. The monoisotopic (exact) mass is 237 g/mol. The Bertz CT molecular complexity index is 352. The third-order valence-corrected chi connectivity index (χ3v) is 2.19. The molecular weight excluding hydrogens is 218 g/mol. The molecule has 0 saturated carbocycles. The fourth-order valence-electron chi connectivity index (χ4n) is 1.47. The number of amidine groups is 1. The van der Waals surface area contributed by atoms with E-state index < -0.39 is 0 Å². The molecule has 0 aliphatic carbocycles. The van der Waals surface area contributed by atoms with Crippen molar-refractivity contribution in [2.75, 3.05) is 18.0 Å². The fourth-order valence-corrected chi connectivity index (χ4v) is 1.47. The summed E-state index contributed by atoms with van der Waals surface area (Å²) in [5.41, 5.74) is 5.46. The van der Waals surface area contributed by atoms with Gasteiger partial charge in [-0.25, -0.2) is 9.97 Å². The molecule has 0 bridgehead atoms.